The molecule has 1 aromatic rings. The van der Waals surface area contributed by atoms with Gasteiger partial charge in [-0.25, -0.2) is 0 Å². The summed E-state index contributed by atoms with van der Waals surface area (Å²) in [5.74, 6) is -0.202. The Labute approximate surface area is 96.1 Å². The summed E-state index contributed by atoms with van der Waals surface area (Å²) in [7, 11) is 0. The van der Waals surface area contributed by atoms with Crippen LogP contribution in [0.25, 0.3) is 0 Å². The van der Waals surface area contributed by atoms with Gasteiger partial charge >= 0.3 is 25.8 Å². The first-order chi connectivity index (χ1) is 5.70. The third kappa shape index (κ3) is 4.27. The minimum absolute atomic E-state index is 0. The summed E-state index contributed by atoms with van der Waals surface area (Å²) < 4.78 is 0. The molecule has 1 aromatic carbocycles. The van der Waals surface area contributed by atoms with E-state index < -0.39 is 0 Å². The summed E-state index contributed by atoms with van der Waals surface area (Å²) >= 11 is 0. The topological polar surface area (TPSA) is 34.1 Å². The molecule has 13 heavy (non-hydrogen) atoms. The SMILES string of the molecule is CC(=O)CC(=O)c1ccccc1.[InH3]. The van der Waals surface area contributed by atoms with E-state index >= 15 is 0 Å². The summed E-state index contributed by atoms with van der Waals surface area (Å²) in [4.78, 5) is 21.8. The zero-order chi connectivity index (χ0) is 8.97. The first-order valence-electron chi connectivity index (χ1n) is 3.78. The van der Waals surface area contributed by atoms with E-state index in [1.807, 2.05) is 6.07 Å². The maximum absolute atomic E-state index is 11.2. The molecule has 2 nitrogen and oxygen atoms in total. The van der Waals surface area contributed by atoms with Crippen LogP contribution in [0.5, 0.6) is 0 Å². The number of carbonyl (C=O) groups excluding carboxylic acids is 2. The van der Waals surface area contributed by atoms with E-state index in [2.05, 4.69) is 0 Å². The molecule has 0 saturated heterocycles. The molecular formula is C10H13InO2. The van der Waals surface area contributed by atoms with Crippen LogP contribution in [0.15, 0.2) is 30.3 Å². The summed E-state index contributed by atoms with van der Waals surface area (Å²) in [6, 6.07) is 8.84. The Morgan fingerprint density at radius 3 is 2.15 bits per heavy atom. The fourth-order valence-corrected chi connectivity index (χ4v) is 0.952. The van der Waals surface area contributed by atoms with Gasteiger partial charge in [-0.2, -0.15) is 0 Å². The van der Waals surface area contributed by atoms with Gasteiger partial charge in [0.2, 0.25) is 0 Å². The summed E-state index contributed by atoms with van der Waals surface area (Å²) in [5, 5.41) is 0. The Morgan fingerprint density at radius 2 is 1.69 bits per heavy atom. The van der Waals surface area contributed by atoms with Crippen molar-refractivity contribution in [2.45, 2.75) is 13.3 Å². The molecule has 0 heterocycles. The predicted octanol–water partition coefficient (Wildman–Crippen LogP) is 0.664. The first-order valence-corrected chi connectivity index (χ1v) is 3.78. The molecule has 0 fully saturated rings. The van der Waals surface area contributed by atoms with E-state index in [1.54, 1.807) is 24.3 Å². The van der Waals surface area contributed by atoms with Gasteiger partial charge in [0.15, 0.2) is 5.78 Å². The number of rotatable bonds is 3. The van der Waals surface area contributed by atoms with E-state index in [4.69, 9.17) is 0 Å². The van der Waals surface area contributed by atoms with E-state index in [9.17, 15) is 9.59 Å². The third-order valence-electron chi connectivity index (χ3n) is 1.51. The number of ketones is 2. The van der Waals surface area contributed by atoms with Crippen LogP contribution in [0.2, 0.25) is 0 Å². The van der Waals surface area contributed by atoms with Crippen LogP contribution in [0.1, 0.15) is 23.7 Å². The van der Waals surface area contributed by atoms with Crippen molar-refractivity contribution in [3.05, 3.63) is 35.9 Å². The van der Waals surface area contributed by atoms with Crippen molar-refractivity contribution < 1.29 is 9.59 Å². The van der Waals surface area contributed by atoms with Crippen LogP contribution in [0.4, 0.5) is 0 Å². The standard InChI is InChI=1S/C10H10O2.In.3H/c1-8(11)7-10(12)9-5-3-2-4-6-9;;;;/h2-6H,7H2,1H3;;;;. The van der Waals surface area contributed by atoms with Gasteiger partial charge in [-0.15, -0.1) is 0 Å². The maximum atomic E-state index is 11.2. The molecule has 0 aliphatic rings. The number of hydrogen-bond donors (Lipinski definition) is 0. The molecule has 0 bridgehead atoms. The number of Topliss-reactive ketones (excluding diaryl/α,β-unsaturated/α-hetero) is 2. The molecule has 0 unspecified atom stereocenters. The zero-order valence-electron chi connectivity index (χ0n) is 6.91. The van der Waals surface area contributed by atoms with Crippen LogP contribution < -0.4 is 0 Å². The molecule has 0 aliphatic heterocycles. The van der Waals surface area contributed by atoms with Gasteiger partial charge in [0.05, 0.1) is 6.42 Å². The van der Waals surface area contributed by atoms with Crippen molar-refractivity contribution in [2.75, 3.05) is 0 Å². The van der Waals surface area contributed by atoms with Crippen molar-refractivity contribution in [1.82, 2.24) is 0 Å². The number of benzene rings is 1. The van der Waals surface area contributed by atoms with Gasteiger partial charge in [0.1, 0.15) is 5.78 Å². The predicted molar refractivity (Wildman–Crippen MR) is 56.0 cm³/mol. The monoisotopic (exact) mass is 280 g/mol. The Kier molecular flexibility index (Phi) is 5.71. The Bertz CT molecular complexity index is 293. The fourth-order valence-electron chi connectivity index (χ4n) is 0.952. The molecule has 1 rings (SSSR count). The molecule has 0 N–H and O–H groups in total. The van der Waals surface area contributed by atoms with Gasteiger partial charge < -0.3 is 0 Å². The summed E-state index contributed by atoms with van der Waals surface area (Å²) in [6.07, 6.45) is 0.00398. The Hall–Kier alpha value is -0.570. The van der Waals surface area contributed by atoms with Crippen LogP contribution in [0, 0.1) is 0 Å². The Morgan fingerprint density at radius 1 is 1.15 bits per heavy atom. The average Bonchev–Trinajstić information content (AvgIpc) is 2.05. The summed E-state index contributed by atoms with van der Waals surface area (Å²) in [6.45, 7) is 1.42. The van der Waals surface area contributed by atoms with Crippen molar-refractivity contribution in [1.29, 1.82) is 0 Å². The molecule has 68 valence electrons. The molecule has 0 radical (unpaired) electrons. The van der Waals surface area contributed by atoms with Crippen LogP contribution in [0.3, 0.4) is 0 Å². The minimum atomic E-state index is -0.108. The van der Waals surface area contributed by atoms with Crippen molar-refractivity contribution in [3.63, 3.8) is 0 Å². The van der Waals surface area contributed by atoms with Gasteiger partial charge in [-0.3, -0.25) is 9.59 Å². The second-order valence-electron chi connectivity index (χ2n) is 2.67. The molecule has 0 aromatic heterocycles. The quantitative estimate of drug-likeness (QED) is 0.602. The normalized spacial score (nSPS) is 8.69. The van der Waals surface area contributed by atoms with Crippen molar-refractivity contribution >= 4 is 37.4 Å². The van der Waals surface area contributed by atoms with Gasteiger partial charge in [0.25, 0.3) is 0 Å². The summed E-state index contributed by atoms with van der Waals surface area (Å²) in [5.41, 5.74) is 0.604. The van der Waals surface area contributed by atoms with Crippen LogP contribution >= 0.6 is 0 Å². The zero-order valence-corrected chi connectivity index (χ0v) is 6.91. The molecule has 0 atom stereocenters. The van der Waals surface area contributed by atoms with Crippen LogP contribution in [-0.4, -0.2) is 37.4 Å². The van der Waals surface area contributed by atoms with Crippen molar-refractivity contribution in [3.8, 4) is 0 Å². The molecule has 0 spiro atoms. The molecule has 3 heteroatoms. The van der Waals surface area contributed by atoms with Gasteiger partial charge in [-0.05, 0) is 6.92 Å². The van der Waals surface area contributed by atoms with Crippen LogP contribution in [-0.2, 0) is 4.79 Å². The van der Waals surface area contributed by atoms with E-state index in [0.717, 1.165) is 0 Å². The molecular weight excluding hydrogens is 267 g/mol. The second kappa shape index (κ2) is 5.97. The Balaban J connectivity index is 0.00000144. The molecule has 0 aliphatic carbocycles. The number of carbonyl (C=O) groups is 2. The first kappa shape index (κ1) is 12.4. The van der Waals surface area contributed by atoms with Gasteiger partial charge in [0, 0.05) is 5.56 Å². The number of hydrogen-bond acceptors (Lipinski definition) is 2. The molecule has 0 amide bonds. The van der Waals surface area contributed by atoms with E-state index in [0.29, 0.717) is 5.56 Å². The third-order valence-corrected chi connectivity index (χ3v) is 1.51. The molecule has 0 saturated carbocycles. The van der Waals surface area contributed by atoms with Gasteiger partial charge in [-0.1, -0.05) is 30.3 Å². The average molecular weight is 280 g/mol. The fraction of sp³-hybridized carbons (Fsp3) is 0.200. The van der Waals surface area contributed by atoms with Crippen molar-refractivity contribution in [2.24, 2.45) is 0 Å². The second-order valence-corrected chi connectivity index (χ2v) is 2.67. The van der Waals surface area contributed by atoms with E-state index in [-0.39, 0.29) is 43.8 Å². The van der Waals surface area contributed by atoms with E-state index in [1.165, 1.54) is 6.92 Å².